The minimum atomic E-state index is -0.924. The van der Waals surface area contributed by atoms with Crippen molar-refractivity contribution in [1.82, 2.24) is 0 Å². The molecule has 0 amide bonds. The Morgan fingerprint density at radius 3 is 1.44 bits per heavy atom. The standard InChI is InChI=1S/C50H74O4/c1-38(2)31-34-45(49(11,12)51)35-32-43(7)29-19-27-41(5)25-17-23-39(3)21-15-16-22-40(4)24-18-26-42(6)28-20-30-44(8)33-36-46(50(13,14)52)47-37-48(9,10)54-53-47/h15-31,33,36,45-47,51-52H,32,34-35,37H2,1-14H3/b16-15+,23-17+,24-18+,27-19+,28-20+,36-33+,39-21+,40-22+,41-25+,42-26+,43-29+,44-30+/t45-,46-,47-/m1/s1. The van der Waals surface area contributed by atoms with Gasteiger partial charge in [-0.25, -0.2) is 9.78 Å². The summed E-state index contributed by atoms with van der Waals surface area (Å²) in [6.07, 6.45) is 43.3. The molecule has 4 heteroatoms. The van der Waals surface area contributed by atoms with Crippen LogP contribution in [0.15, 0.2) is 154 Å². The average Bonchev–Trinajstić information content (AvgIpc) is 3.40. The molecule has 1 aliphatic rings. The molecule has 0 aromatic heterocycles. The highest BCUT2D eigenvalue weighted by Crippen LogP contribution is 2.36. The van der Waals surface area contributed by atoms with Gasteiger partial charge in [-0.05, 0) is 122 Å². The fraction of sp³-hybridized carbons (Fsp3) is 0.480. The van der Waals surface area contributed by atoms with Gasteiger partial charge in [0.1, 0.15) is 11.7 Å². The monoisotopic (exact) mass is 739 g/mol. The molecule has 0 bridgehead atoms. The molecule has 0 aromatic rings. The molecule has 3 atom stereocenters. The summed E-state index contributed by atoms with van der Waals surface area (Å²) in [5.41, 5.74) is 6.44. The van der Waals surface area contributed by atoms with Gasteiger partial charge in [-0.1, -0.05) is 154 Å². The Bertz CT molecular complexity index is 1570. The third-order valence-corrected chi connectivity index (χ3v) is 9.29. The van der Waals surface area contributed by atoms with Crippen molar-refractivity contribution in [3.05, 3.63) is 154 Å². The highest BCUT2D eigenvalue weighted by atomic mass is 17.2. The molecule has 0 saturated carbocycles. The lowest BCUT2D eigenvalue weighted by Gasteiger charge is -2.30. The minimum absolute atomic E-state index is 0.181. The van der Waals surface area contributed by atoms with Gasteiger partial charge in [-0.15, -0.1) is 0 Å². The Kier molecular flexibility index (Phi) is 21.6. The van der Waals surface area contributed by atoms with Crippen LogP contribution in [-0.4, -0.2) is 33.1 Å². The minimum Gasteiger partial charge on any atom is -0.390 e. The maximum atomic E-state index is 10.7. The number of allylic oxidation sites excluding steroid dienone is 25. The van der Waals surface area contributed by atoms with Crippen LogP contribution >= 0.6 is 0 Å². The van der Waals surface area contributed by atoms with Crippen LogP contribution < -0.4 is 0 Å². The molecule has 1 fully saturated rings. The lowest BCUT2D eigenvalue weighted by Crippen LogP contribution is -2.38. The third-order valence-electron chi connectivity index (χ3n) is 9.29. The van der Waals surface area contributed by atoms with Crippen molar-refractivity contribution in [2.24, 2.45) is 11.8 Å². The second-order valence-corrected chi connectivity index (χ2v) is 17.0. The first kappa shape index (κ1) is 48.5. The predicted octanol–water partition coefficient (Wildman–Crippen LogP) is 13.4. The van der Waals surface area contributed by atoms with E-state index in [9.17, 15) is 10.2 Å². The number of aliphatic hydroxyl groups is 2. The second-order valence-electron chi connectivity index (χ2n) is 17.0. The summed E-state index contributed by atoms with van der Waals surface area (Å²) >= 11 is 0. The predicted molar refractivity (Wildman–Crippen MR) is 235 cm³/mol. The Morgan fingerprint density at radius 2 is 1.06 bits per heavy atom. The van der Waals surface area contributed by atoms with Crippen molar-refractivity contribution in [2.75, 3.05) is 0 Å². The summed E-state index contributed by atoms with van der Waals surface area (Å²) in [4.78, 5) is 11.0. The van der Waals surface area contributed by atoms with Crippen LogP contribution in [0, 0.1) is 11.8 Å². The van der Waals surface area contributed by atoms with Crippen molar-refractivity contribution < 1.29 is 20.0 Å². The molecule has 0 aliphatic carbocycles. The maximum absolute atomic E-state index is 10.7. The molecule has 1 aliphatic heterocycles. The zero-order valence-corrected chi connectivity index (χ0v) is 36.2. The number of rotatable bonds is 20. The van der Waals surface area contributed by atoms with E-state index in [2.05, 4.69) is 153 Å². The first-order valence-corrected chi connectivity index (χ1v) is 19.6. The molecule has 54 heavy (non-hydrogen) atoms. The summed E-state index contributed by atoms with van der Waals surface area (Å²) in [6, 6.07) is 0. The summed E-state index contributed by atoms with van der Waals surface area (Å²) in [5, 5.41) is 21.3. The van der Waals surface area contributed by atoms with E-state index in [1.807, 2.05) is 59.8 Å². The molecule has 0 radical (unpaired) electrons. The lowest BCUT2D eigenvalue weighted by atomic mass is 9.82. The van der Waals surface area contributed by atoms with E-state index in [1.165, 1.54) is 27.9 Å². The zero-order valence-electron chi connectivity index (χ0n) is 36.2. The van der Waals surface area contributed by atoms with Gasteiger partial charge in [-0.3, -0.25) is 0 Å². The Hall–Kier alpha value is -3.54. The largest absolute Gasteiger partial charge is 0.390 e. The first-order valence-electron chi connectivity index (χ1n) is 19.6. The molecule has 1 heterocycles. The van der Waals surface area contributed by atoms with E-state index in [0.717, 1.165) is 36.8 Å². The van der Waals surface area contributed by atoms with E-state index >= 15 is 0 Å². The molecule has 4 nitrogen and oxygen atoms in total. The zero-order chi connectivity index (χ0) is 41.0. The smallest absolute Gasteiger partial charge is 0.105 e. The fourth-order valence-electron chi connectivity index (χ4n) is 5.74. The molecule has 0 unspecified atom stereocenters. The van der Waals surface area contributed by atoms with Gasteiger partial charge in [-0.2, -0.15) is 0 Å². The number of hydrogen-bond donors (Lipinski definition) is 2. The van der Waals surface area contributed by atoms with E-state index in [1.54, 1.807) is 0 Å². The van der Waals surface area contributed by atoms with Crippen molar-refractivity contribution >= 4 is 0 Å². The van der Waals surface area contributed by atoms with E-state index in [-0.39, 0.29) is 23.5 Å². The quantitative estimate of drug-likeness (QED) is 0.0742. The van der Waals surface area contributed by atoms with Crippen LogP contribution in [0.2, 0.25) is 0 Å². The van der Waals surface area contributed by atoms with Gasteiger partial charge in [0, 0.05) is 12.3 Å². The normalized spacial score (nSPS) is 20.3. The first-order chi connectivity index (χ1) is 25.1. The van der Waals surface area contributed by atoms with Crippen LogP contribution in [0.3, 0.4) is 0 Å². The van der Waals surface area contributed by atoms with Crippen LogP contribution in [0.25, 0.3) is 0 Å². The van der Waals surface area contributed by atoms with Crippen molar-refractivity contribution in [1.29, 1.82) is 0 Å². The van der Waals surface area contributed by atoms with E-state index in [0.29, 0.717) is 0 Å². The molecule has 0 spiro atoms. The van der Waals surface area contributed by atoms with Crippen LogP contribution in [0.4, 0.5) is 0 Å². The van der Waals surface area contributed by atoms with Crippen LogP contribution in [0.5, 0.6) is 0 Å². The lowest BCUT2D eigenvalue weighted by molar-refractivity contribution is -0.327. The summed E-state index contributed by atoms with van der Waals surface area (Å²) < 4.78 is 0. The second kappa shape index (κ2) is 24.1. The number of hydrogen-bond acceptors (Lipinski definition) is 4. The van der Waals surface area contributed by atoms with Gasteiger partial charge in [0.15, 0.2) is 0 Å². The van der Waals surface area contributed by atoms with Crippen molar-refractivity contribution in [3.8, 4) is 0 Å². The highest BCUT2D eigenvalue weighted by molar-refractivity contribution is 5.33. The highest BCUT2D eigenvalue weighted by Gasteiger charge is 2.42. The molecular formula is C50H74O4. The Morgan fingerprint density at radius 1 is 0.630 bits per heavy atom. The van der Waals surface area contributed by atoms with Gasteiger partial charge >= 0.3 is 0 Å². The van der Waals surface area contributed by atoms with Gasteiger partial charge < -0.3 is 10.2 Å². The summed E-state index contributed by atoms with van der Waals surface area (Å²) in [7, 11) is 0. The van der Waals surface area contributed by atoms with Crippen molar-refractivity contribution in [3.63, 3.8) is 0 Å². The maximum Gasteiger partial charge on any atom is 0.105 e. The van der Waals surface area contributed by atoms with E-state index in [4.69, 9.17) is 9.78 Å². The van der Waals surface area contributed by atoms with Crippen LogP contribution in [-0.2, 0) is 9.78 Å². The Balaban J connectivity index is 2.63. The van der Waals surface area contributed by atoms with Gasteiger partial charge in [0.05, 0.1) is 11.2 Å². The molecule has 1 saturated heterocycles. The topological polar surface area (TPSA) is 58.9 Å². The molecule has 2 N–H and O–H groups in total. The molecule has 1 rings (SSSR count). The molecule has 298 valence electrons. The van der Waals surface area contributed by atoms with E-state index < -0.39 is 11.2 Å². The SMILES string of the molecule is CC(C)=CC[C@H](CC/C(C)=C/C=C/C(C)=C/C=C/C(C)=C/C=C/C=C(C)/C=C/C=C(C)/C=C/C=C(C)/C=C/[C@H]([C@H]1CC(C)(C)OO1)C(C)(C)O)C(C)(C)O. The molecular weight excluding hydrogens is 665 g/mol. The molecule has 0 aromatic carbocycles. The summed E-state index contributed by atoms with van der Waals surface area (Å²) in [5.74, 6) is 0.0661. The summed E-state index contributed by atoms with van der Waals surface area (Å²) in [6.45, 7) is 28.3. The van der Waals surface area contributed by atoms with Crippen molar-refractivity contribution in [2.45, 2.75) is 146 Å². The van der Waals surface area contributed by atoms with Crippen LogP contribution in [0.1, 0.15) is 123 Å². The average molecular weight is 739 g/mol. The van der Waals surface area contributed by atoms with Gasteiger partial charge in [0.2, 0.25) is 0 Å². The van der Waals surface area contributed by atoms with Gasteiger partial charge in [0.25, 0.3) is 0 Å². The fourth-order valence-corrected chi connectivity index (χ4v) is 5.74. The Labute approximate surface area is 330 Å². The third kappa shape index (κ3) is 22.6.